The van der Waals surface area contributed by atoms with E-state index in [4.69, 9.17) is 9.84 Å². The molecule has 1 rings (SSSR count). The summed E-state index contributed by atoms with van der Waals surface area (Å²) in [5, 5.41) is 11.7. The van der Waals surface area contributed by atoms with Gasteiger partial charge >= 0.3 is 5.97 Å². The van der Waals surface area contributed by atoms with Gasteiger partial charge in [-0.05, 0) is 27.7 Å². The molecule has 0 spiro atoms. The molecular weight excluding hydrogens is 260 g/mol. The Balaban J connectivity index is 2.59. The van der Waals surface area contributed by atoms with Crippen LogP contribution in [0.25, 0.3) is 0 Å². The van der Waals surface area contributed by atoms with Crippen LogP contribution in [-0.2, 0) is 14.3 Å². The van der Waals surface area contributed by atoms with Gasteiger partial charge in [-0.25, -0.2) is 4.79 Å². The molecule has 20 heavy (non-hydrogen) atoms. The van der Waals surface area contributed by atoms with Gasteiger partial charge in [0.25, 0.3) is 0 Å². The molecule has 114 valence electrons. The fraction of sp³-hybridized carbons (Fsp3) is 0.714. The van der Waals surface area contributed by atoms with E-state index in [1.54, 1.807) is 0 Å². The summed E-state index contributed by atoms with van der Waals surface area (Å²) < 4.78 is 5.31. The van der Waals surface area contributed by atoms with Crippen molar-refractivity contribution in [3.8, 4) is 0 Å². The molecule has 6 heteroatoms. The van der Waals surface area contributed by atoms with E-state index in [-0.39, 0.29) is 22.6 Å². The Morgan fingerprint density at radius 2 is 1.75 bits per heavy atom. The molecule has 0 aromatic carbocycles. The molecule has 0 aliphatic carbocycles. The average Bonchev–Trinajstić information content (AvgIpc) is 2.44. The van der Waals surface area contributed by atoms with Crippen molar-refractivity contribution in [2.75, 3.05) is 32.8 Å². The van der Waals surface area contributed by atoms with Crippen molar-refractivity contribution in [2.24, 2.45) is 0 Å². The van der Waals surface area contributed by atoms with Crippen molar-refractivity contribution in [2.45, 2.75) is 33.2 Å². The fourth-order valence-corrected chi connectivity index (χ4v) is 2.04. The van der Waals surface area contributed by atoms with Crippen LogP contribution < -0.4 is 5.32 Å². The van der Waals surface area contributed by atoms with E-state index < -0.39 is 5.97 Å². The standard InChI is InChI=1S/C14H24N2O4/c1-10(11(2)13(18)19)12(17)15-9-14(3,4)16-5-7-20-8-6-16/h5-9H2,1-4H3,(H,15,17)(H,18,19). The molecule has 0 aromatic rings. The number of morpholine rings is 1. The lowest BCUT2D eigenvalue weighted by atomic mass is 10.0. The summed E-state index contributed by atoms with van der Waals surface area (Å²) in [6, 6.07) is 0. The number of carbonyl (C=O) groups excluding carboxylic acids is 1. The van der Waals surface area contributed by atoms with Gasteiger partial charge in [-0.15, -0.1) is 0 Å². The Morgan fingerprint density at radius 3 is 2.25 bits per heavy atom. The highest BCUT2D eigenvalue weighted by Gasteiger charge is 2.28. The normalized spacial score (nSPS) is 18.4. The number of carboxylic acid groups (broad SMARTS) is 1. The molecule has 1 amide bonds. The van der Waals surface area contributed by atoms with Crippen molar-refractivity contribution in [3.05, 3.63) is 11.1 Å². The van der Waals surface area contributed by atoms with Crippen molar-refractivity contribution >= 4 is 11.9 Å². The summed E-state index contributed by atoms with van der Waals surface area (Å²) in [6.45, 7) is 10.6. The molecule has 2 N–H and O–H groups in total. The lowest BCUT2D eigenvalue weighted by Crippen LogP contribution is -2.55. The number of hydrogen-bond acceptors (Lipinski definition) is 4. The number of amides is 1. The van der Waals surface area contributed by atoms with Gasteiger partial charge in [0, 0.05) is 36.3 Å². The summed E-state index contributed by atoms with van der Waals surface area (Å²) in [5.74, 6) is -1.39. The van der Waals surface area contributed by atoms with Gasteiger partial charge < -0.3 is 15.2 Å². The Morgan fingerprint density at radius 1 is 1.20 bits per heavy atom. The zero-order chi connectivity index (χ0) is 15.3. The van der Waals surface area contributed by atoms with Crippen LogP contribution in [0.15, 0.2) is 11.1 Å². The fourth-order valence-electron chi connectivity index (χ4n) is 2.04. The number of ether oxygens (including phenoxy) is 1. The summed E-state index contributed by atoms with van der Waals surface area (Å²) in [4.78, 5) is 25.0. The lowest BCUT2D eigenvalue weighted by Gasteiger charge is -2.40. The SMILES string of the molecule is CC(C(=O)O)=C(C)C(=O)NCC(C)(C)N1CCOCC1. The molecule has 0 atom stereocenters. The highest BCUT2D eigenvalue weighted by molar-refractivity contribution is 6.01. The quantitative estimate of drug-likeness (QED) is 0.724. The Labute approximate surface area is 119 Å². The van der Waals surface area contributed by atoms with Crippen molar-refractivity contribution in [3.63, 3.8) is 0 Å². The number of carbonyl (C=O) groups is 2. The first-order chi connectivity index (χ1) is 9.25. The van der Waals surface area contributed by atoms with E-state index in [1.807, 2.05) is 0 Å². The van der Waals surface area contributed by atoms with E-state index in [9.17, 15) is 9.59 Å². The first-order valence-corrected chi connectivity index (χ1v) is 6.77. The van der Waals surface area contributed by atoms with Crippen molar-refractivity contribution < 1.29 is 19.4 Å². The van der Waals surface area contributed by atoms with Gasteiger partial charge in [0.2, 0.25) is 5.91 Å². The minimum Gasteiger partial charge on any atom is -0.478 e. The Hall–Kier alpha value is -1.40. The minimum atomic E-state index is -1.06. The van der Waals surface area contributed by atoms with E-state index in [1.165, 1.54) is 13.8 Å². The summed E-state index contributed by atoms with van der Waals surface area (Å²) >= 11 is 0. The van der Waals surface area contributed by atoms with E-state index >= 15 is 0 Å². The topological polar surface area (TPSA) is 78.9 Å². The third-order valence-electron chi connectivity index (χ3n) is 3.77. The molecule has 6 nitrogen and oxygen atoms in total. The zero-order valence-corrected chi connectivity index (χ0v) is 12.7. The number of carboxylic acids is 1. The van der Waals surface area contributed by atoms with Crippen LogP contribution in [-0.4, -0.2) is 60.3 Å². The number of aliphatic carboxylic acids is 1. The summed E-state index contributed by atoms with van der Waals surface area (Å²) in [6.07, 6.45) is 0. The predicted molar refractivity (Wildman–Crippen MR) is 75.5 cm³/mol. The summed E-state index contributed by atoms with van der Waals surface area (Å²) in [7, 11) is 0. The lowest BCUT2D eigenvalue weighted by molar-refractivity contribution is -0.133. The maximum Gasteiger partial charge on any atom is 0.331 e. The van der Waals surface area contributed by atoms with Gasteiger partial charge in [0.15, 0.2) is 0 Å². The molecular formula is C14H24N2O4. The molecule has 0 bridgehead atoms. The number of nitrogens with zero attached hydrogens (tertiary/aromatic N) is 1. The molecule has 0 saturated carbocycles. The highest BCUT2D eigenvalue weighted by Crippen LogP contribution is 2.15. The molecule has 1 aliphatic rings. The van der Waals surface area contributed by atoms with E-state index in [0.29, 0.717) is 19.8 Å². The number of rotatable bonds is 5. The number of hydrogen-bond donors (Lipinski definition) is 2. The average molecular weight is 284 g/mol. The molecule has 0 aromatic heterocycles. The second-order valence-corrected chi connectivity index (χ2v) is 5.65. The minimum absolute atomic E-state index is 0.0756. The second kappa shape index (κ2) is 6.85. The van der Waals surface area contributed by atoms with Crippen LogP contribution in [0.5, 0.6) is 0 Å². The number of nitrogens with one attached hydrogen (secondary N) is 1. The van der Waals surface area contributed by atoms with Crippen molar-refractivity contribution in [1.29, 1.82) is 0 Å². The van der Waals surface area contributed by atoms with Crippen LogP contribution >= 0.6 is 0 Å². The second-order valence-electron chi connectivity index (χ2n) is 5.65. The van der Waals surface area contributed by atoms with E-state index in [2.05, 4.69) is 24.1 Å². The molecule has 1 heterocycles. The third kappa shape index (κ3) is 4.31. The molecule has 1 fully saturated rings. The van der Waals surface area contributed by atoms with Crippen molar-refractivity contribution in [1.82, 2.24) is 10.2 Å². The van der Waals surface area contributed by atoms with Crippen LogP contribution in [0.3, 0.4) is 0 Å². The van der Waals surface area contributed by atoms with Gasteiger partial charge in [-0.2, -0.15) is 0 Å². The predicted octanol–water partition coefficient (Wildman–Crippen LogP) is 0.634. The zero-order valence-electron chi connectivity index (χ0n) is 12.7. The van der Waals surface area contributed by atoms with Crippen LogP contribution in [0.2, 0.25) is 0 Å². The van der Waals surface area contributed by atoms with Crippen LogP contribution in [0.4, 0.5) is 0 Å². The smallest absolute Gasteiger partial charge is 0.331 e. The first kappa shape index (κ1) is 16.7. The Bertz CT molecular complexity index is 409. The molecule has 1 aliphatic heterocycles. The molecule has 0 radical (unpaired) electrons. The maximum absolute atomic E-state index is 11.9. The van der Waals surface area contributed by atoms with Gasteiger partial charge in [0.1, 0.15) is 0 Å². The molecule has 1 saturated heterocycles. The van der Waals surface area contributed by atoms with Gasteiger partial charge in [-0.3, -0.25) is 9.69 Å². The van der Waals surface area contributed by atoms with E-state index in [0.717, 1.165) is 13.1 Å². The highest BCUT2D eigenvalue weighted by atomic mass is 16.5. The monoisotopic (exact) mass is 284 g/mol. The Kier molecular flexibility index (Phi) is 5.71. The third-order valence-corrected chi connectivity index (χ3v) is 3.77. The summed E-state index contributed by atoms with van der Waals surface area (Å²) in [5.41, 5.74) is 0.138. The first-order valence-electron chi connectivity index (χ1n) is 6.77. The van der Waals surface area contributed by atoms with Crippen LogP contribution in [0, 0.1) is 0 Å². The van der Waals surface area contributed by atoms with Gasteiger partial charge in [0.05, 0.1) is 13.2 Å². The largest absolute Gasteiger partial charge is 0.478 e. The molecule has 0 unspecified atom stereocenters. The maximum atomic E-state index is 11.9. The van der Waals surface area contributed by atoms with Gasteiger partial charge in [-0.1, -0.05) is 0 Å². The van der Waals surface area contributed by atoms with Crippen LogP contribution in [0.1, 0.15) is 27.7 Å².